The molecule has 126 valence electrons. The van der Waals surface area contributed by atoms with Gasteiger partial charge >= 0.3 is 6.09 Å². The van der Waals surface area contributed by atoms with Crippen LogP contribution < -0.4 is 14.8 Å². The van der Waals surface area contributed by atoms with E-state index in [2.05, 4.69) is 11.4 Å². The van der Waals surface area contributed by atoms with Crippen LogP contribution in [-0.4, -0.2) is 18.5 Å². The van der Waals surface area contributed by atoms with Crippen LogP contribution in [0.15, 0.2) is 36.4 Å². The molecule has 0 aromatic heterocycles. The lowest BCUT2D eigenvalue weighted by atomic mass is 10.0. The minimum atomic E-state index is -0.534. The lowest BCUT2D eigenvalue weighted by Crippen LogP contribution is -2.27. The topological polar surface area (TPSA) is 56.8 Å². The summed E-state index contributed by atoms with van der Waals surface area (Å²) in [6.45, 7) is 7.73. The second kappa shape index (κ2) is 6.07. The third-order valence-corrected chi connectivity index (χ3v) is 3.43. The molecule has 0 radical (unpaired) electrons. The van der Waals surface area contributed by atoms with Crippen LogP contribution in [0.5, 0.6) is 11.5 Å². The predicted octanol–water partition coefficient (Wildman–Crippen LogP) is 4.74. The molecule has 2 aromatic carbocycles. The Morgan fingerprint density at radius 2 is 1.79 bits per heavy atom. The fourth-order valence-corrected chi connectivity index (χ4v) is 2.52. The van der Waals surface area contributed by atoms with E-state index in [0.29, 0.717) is 5.69 Å². The van der Waals surface area contributed by atoms with Crippen molar-refractivity contribution in [3.63, 3.8) is 0 Å². The summed E-state index contributed by atoms with van der Waals surface area (Å²) < 4.78 is 16.1. The van der Waals surface area contributed by atoms with E-state index in [1.54, 1.807) is 0 Å². The van der Waals surface area contributed by atoms with Crippen molar-refractivity contribution in [2.24, 2.45) is 0 Å². The average Bonchev–Trinajstić information content (AvgIpc) is 2.91. The molecular weight excluding hydrogens is 306 g/mol. The van der Waals surface area contributed by atoms with Crippen LogP contribution in [0, 0.1) is 6.92 Å². The molecular formula is C19H21NO4. The van der Waals surface area contributed by atoms with Gasteiger partial charge in [-0.05, 0) is 68.7 Å². The Labute approximate surface area is 141 Å². The summed E-state index contributed by atoms with van der Waals surface area (Å²) in [5, 5.41) is 2.78. The normalized spacial score (nSPS) is 12.8. The first-order valence-corrected chi connectivity index (χ1v) is 7.82. The number of rotatable bonds is 2. The van der Waals surface area contributed by atoms with E-state index in [1.165, 1.54) is 0 Å². The monoisotopic (exact) mass is 327 g/mol. The van der Waals surface area contributed by atoms with Crippen LogP contribution in [0.1, 0.15) is 26.3 Å². The van der Waals surface area contributed by atoms with Gasteiger partial charge in [0, 0.05) is 5.69 Å². The van der Waals surface area contributed by atoms with Gasteiger partial charge in [-0.3, -0.25) is 5.32 Å². The van der Waals surface area contributed by atoms with Gasteiger partial charge < -0.3 is 14.2 Å². The maximum Gasteiger partial charge on any atom is 0.412 e. The molecule has 2 aromatic rings. The zero-order chi connectivity index (χ0) is 17.3. The molecule has 5 nitrogen and oxygen atoms in total. The van der Waals surface area contributed by atoms with Crippen LogP contribution in [0.2, 0.25) is 0 Å². The molecule has 0 saturated carbocycles. The number of ether oxygens (including phenoxy) is 3. The van der Waals surface area contributed by atoms with E-state index >= 15 is 0 Å². The first kappa shape index (κ1) is 16.2. The third-order valence-electron chi connectivity index (χ3n) is 3.43. The van der Waals surface area contributed by atoms with E-state index in [9.17, 15) is 4.79 Å². The second-order valence-electron chi connectivity index (χ2n) is 6.78. The highest BCUT2D eigenvalue weighted by Crippen LogP contribution is 2.36. The Balaban J connectivity index is 1.85. The number of hydrogen-bond donors (Lipinski definition) is 1. The zero-order valence-corrected chi connectivity index (χ0v) is 14.3. The summed E-state index contributed by atoms with van der Waals surface area (Å²) in [6, 6.07) is 11.7. The summed E-state index contributed by atoms with van der Waals surface area (Å²) in [6.07, 6.45) is -0.468. The van der Waals surface area contributed by atoms with Gasteiger partial charge in [-0.15, -0.1) is 0 Å². The van der Waals surface area contributed by atoms with Gasteiger partial charge in [-0.1, -0.05) is 12.1 Å². The van der Waals surface area contributed by atoms with Crippen molar-refractivity contribution in [2.75, 3.05) is 12.1 Å². The van der Waals surface area contributed by atoms with Gasteiger partial charge in [0.05, 0.1) is 0 Å². The molecule has 5 heteroatoms. The predicted molar refractivity (Wildman–Crippen MR) is 92.6 cm³/mol. The molecule has 0 spiro atoms. The summed E-state index contributed by atoms with van der Waals surface area (Å²) >= 11 is 0. The van der Waals surface area contributed by atoms with Crippen LogP contribution in [0.25, 0.3) is 11.1 Å². The Hall–Kier alpha value is -2.69. The van der Waals surface area contributed by atoms with Gasteiger partial charge in [0.25, 0.3) is 0 Å². The van der Waals surface area contributed by atoms with Gasteiger partial charge in [-0.2, -0.15) is 0 Å². The van der Waals surface area contributed by atoms with E-state index in [0.717, 1.165) is 28.2 Å². The number of aryl methyl sites for hydroxylation is 1. The highest BCUT2D eigenvalue weighted by atomic mass is 16.7. The number of nitrogens with one attached hydrogen (secondary N) is 1. The SMILES string of the molecule is Cc1cc(NC(=O)OC(C)(C)C)cc(-c2ccc3c(c2)OCO3)c1. The lowest BCUT2D eigenvalue weighted by molar-refractivity contribution is 0.0636. The van der Waals surface area contributed by atoms with Gasteiger partial charge in [0.15, 0.2) is 11.5 Å². The standard InChI is InChI=1S/C19H21NO4/c1-12-7-14(13-5-6-16-17(10-13)23-11-22-16)9-15(8-12)20-18(21)24-19(2,3)4/h5-10H,11H2,1-4H3,(H,20,21). The maximum atomic E-state index is 12.0. The van der Waals surface area contributed by atoms with Crippen LogP contribution in [0.4, 0.5) is 10.5 Å². The van der Waals surface area contributed by atoms with Crippen molar-refractivity contribution < 1.29 is 19.0 Å². The van der Waals surface area contributed by atoms with Crippen molar-refractivity contribution in [3.05, 3.63) is 42.0 Å². The van der Waals surface area contributed by atoms with Gasteiger partial charge in [-0.25, -0.2) is 4.79 Å². The molecule has 0 atom stereocenters. The lowest BCUT2D eigenvalue weighted by Gasteiger charge is -2.20. The van der Waals surface area contributed by atoms with Crippen molar-refractivity contribution in [1.82, 2.24) is 0 Å². The van der Waals surface area contributed by atoms with E-state index in [1.807, 2.05) is 58.0 Å². The van der Waals surface area contributed by atoms with Gasteiger partial charge in [0.1, 0.15) is 5.60 Å². The summed E-state index contributed by atoms with van der Waals surface area (Å²) in [4.78, 5) is 12.0. The summed E-state index contributed by atoms with van der Waals surface area (Å²) in [5.41, 5.74) is 3.18. The molecule has 0 fully saturated rings. The molecule has 1 N–H and O–H groups in total. The number of amides is 1. The number of hydrogen-bond acceptors (Lipinski definition) is 4. The van der Waals surface area contributed by atoms with Crippen LogP contribution in [-0.2, 0) is 4.74 Å². The van der Waals surface area contributed by atoms with Crippen molar-refractivity contribution >= 4 is 11.8 Å². The van der Waals surface area contributed by atoms with E-state index < -0.39 is 11.7 Å². The molecule has 1 heterocycles. The molecule has 0 aliphatic carbocycles. The number of benzene rings is 2. The van der Waals surface area contributed by atoms with Crippen molar-refractivity contribution in [1.29, 1.82) is 0 Å². The second-order valence-corrected chi connectivity index (χ2v) is 6.78. The Bertz CT molecular complexity index is 777. The highest BCUT2D eigenvalue weighted by molar-refractivity contribution is 5.86. The van der Waals surface area contributed by atoms with Crippen molar-refractivity contribution in [3.8, 4) is 22.6 Å². The molecule has 24 heavy (non-hydrogen) atoms. The van der Waals surface area contributed by atoms with Crippen molar-refractivity contribution in [2.45, 2.75) is 33.3 Å². The summed E-state index contributed by atoms with van der Waals surface area (Å²) in [5.74, 6) is 1.48. The number of fused-ring (bicyclic) bond motifs is 1. The molecule has 1 aliphatic rings. The molecule has 0 saturated heterocycles. The third kappa shape index (κ3) is 3.79. The Morgan fingerprint density at radius 1 is 1.04 bits per heavy atom. The van der Waals surface area contributed by atoms with Gasteiger partial charge in [0.2, 0.25) is 6.79 Å². The number of anilines is 1. The number of carbonyl (C=O) groups is 1. The van der Waals surface area contributed by atoms with E-state index in [-0.39, 0.29) is 6.79 Å². The first-order chi connectivity index (χ1) is 11.3. The van der Waals surface area contributed by atoms with E-state index in [4.69, 9.17) is 14.2 Å². The minimum absolute atomic E-state index is 0.248. The molecule has 3 rings (SSSR count). The fourth-order valence-electron chi connectivity index (χ4n) is 2.52. The smallest absolute Gasteiger partial charge is 0.412 e. The molecule has 0 bridgehead atoms. The molecule has 0 unspecified atom stereocenters. The minimum Gasteiger partial charge on any atom is -0.454 e. The Kier molecular flexibility index (Phi) is 4.09. The maximum absolute atomic E-state index is 12.0. The number of carbonyl (C=O) groups excluding carboxylic acids is 1. The molecule has 1 amide bonds. The zero-order valence-electron chi connectivity index (χ0n) is 14.3. The van der Waals surface area contributed by atoms with Crippen LogP contribution >= 0.6 is 0 Å². The quantitative estimate of drug-likeness (QED) is 0.866. The molecule has 1 aliphatic heterocycles. The average molecular weight is 327 g/mol. The highest BCUT2D eigenvalue weighted by Gasteiger charge is 2.17. The largest absolute Gasteiger partial charge is 0.454 e. The fraction of sp³-hybridized carbons (Fsp3) is 0.316. The van der Waals surface area contributed by atoms with Crippen LogP contribution in [0.3, 0.4) is 0 Å². The first-order valence-electron chi connectivity index (χ1n) is 7.82. The Morgan fingerprint density at radius 3 is 2.54 bits per heavy atom. The summed E-state index contributed by atoms with van der Waals surface area (Å²) in [7, 11) is 0.